The number of aryl methyl sites for hydroxylation is 1. The maximum absolute atomic E-state index is 11.9. The van der Waals surface area contributed by atoms with E-state index >= 15 is 0 Å². The lowest BCUT2D eigenvalue weighted by atomic mass is 10.1. The smallest absolute Gasteiger partial charge is 0.353 e. The summed E-state index contributed by atoms with van der Waals surface area (Å²) in [5.41, 5.74) is 2.21. The van der Waals surface area contributed by atoms with E-state index in [1.807, 2.05) is 31.2 Å². The van der Waals surface area contributed by atoms with Crippen LogP contribution in [0.25, 0.3) is 10.9 Å². The summed E-state index contributed by atoms with van der Waals surface area (Å²) in [7, 11) is 1.49. The topological polar surface area (TPSA) is 115 Å². The number of benzene rings is 2. The Kier molecular flexibility index (Phi) is 5.50. The summed E-state index contributed by atoms with van der Waals surface area (Å²) in [6, 6.07) is 14.3. The molecule has 0 aliphatic heterocycles. The summed E-state index contributed by atoms with van der Waals surface area (Å²) in [6.07, 6.45) is 1.23. The van der Waals surface area contributed by atoms with Crippen molar-refractivity contribution < 1.29 is 9.66 Å². The first-order valence-electron chi connectivity index (χ1n) is 9.19. The van der Waals surface area contributed by atoms with Crippen LogP contribution in [-0.4, -0.2) is 27.0 Å². The molecule has 0 aliphatic carbocycles. The summed E-state index contributed by atoms with van der Waals surface area (Å²) in [6.45, 7) is 1.88. The van der Waals surface area contributed by atoms with Crippen molar-refractivity contribution in [1.29, 1.82) is 0 Å². The summed E-state index contributed by atoms with van der Waals surface area (Å²) in [5, 5.41) is 19.2. The van der Waals surface area contributed by atoms with E-state index in [0.29, 0.717) is 27.7 Å². The van der Waals surface area contributed by atoms with Gasteiger partial charge in [-0.25, -0.2) is 9.97 Å². The van der Waals surface area contributed by atoms with Crippen molar-refractivity contribution in [3.8, 4) is 5.75 Å². The highest BCUT2D eigenvalue weighted by atomic mass is 35.5. The Bertz CT molecular complexity index is 1300. The minimum absolute atomic E-state index is 0.00700. The number of fused-ring (bicyclic) bond motifs is 1. The number of halogens is 1. The zero-order valence-electron chi connectivity index (χ0n) is 16.6. The first-order valence-corrected chi connectivity index (χ1v) is 9.57. The molecule has 31 heavy (non-hydrogen) atoms. The van der Waals surface area contributed by atoms with Crippen molar-refractivity contribution >= 4 is 51.2 Å². The highest BCUT2D eigenvalue weighted by Crippen LogP contribution is 2.37. The van der Waals surface area contributed by atoms with Crippen LogP contribution in [0.3, 0.4) is 0 Å². The monoisotopic (exact) mass is 436 g/mol. The zero-order valence-corrected chi connectivity index (χ0v) is 17.3. The van der Waals surface area contributed by atoms with Crippen molar-refractivity contribution in [2.45, 2.75) is 6.92 Å². The number of nitro groups is 1. The van der Waals surface area contributed by atoms with Gasteiger partial charge in [0.1, 0.15) is 12.1 Å². The number of pyridine rings is 1. The molecule has 0 saturated carbocycles. The molecule has 0 aliphatic rings. The lowest BCUT2D eigenvalue weighted by Gasteiger charge is -2.13. The number of methoxy groups -OCH3 is 1. The predicted molar refractivity (Wildman–Crippen MR) is 120 cm³/mol. The minimum Gasteiger partial charge on any atom is -0.495 e. The van der Waals surface area contributed by atoms with Gasteiger partial charge in [-0.05, 0) is 37.3 Å². The number of hydrogen-bond acceptors (Lipinski definition) is 8. The Labute approximate surface area is 182 Å². The van der Waals surface area contributed by atoms with E-state index < -0.39 is 4.92 Å². The van der Waals surface area contributed by atoms with Gasteiger partial charge in [-0.1, -0.05) is 29.8 Å². The highest BCUT2D eigenvalue weighted by Gasteiger charge is 2.24. The first kappa shape index (κ1) is 20.3. The summed E-state index contributed by atoms with van der Waals surface area (Å²) >= 11 is 6.07. The van der Waals surface area contributed by atoms with Crippen LogP contribution in [-0.2, 0) is 0 Å². The molecule has 2 aromatic carbocycles. The number of para-hydroxylation sites is 1. The van der Waals surface area contributed by atoms with Crippen LogP contribution in [0, 0.1) is 17.0 Å². The van der Waals surface area contributed by atoms with Crippen LogP contribution in [0.2, 0.25) is 5.02 Å². The number of anilines is 4. The molecule has 0 unspecified atom stereocenters. The van der Waals surface area contributed by atoms with Crippen molar-refractivity contribution in [3.05, 3.63) is 75.7 Å². The fourth-order valence-electron chi connectivity index (χ4n) is 3.11. The van der Waals surface area contributed by atoms with Gasteiger partial charge in [0.15, 0.2) is 0 Å². The molecule has 0 saturated heterocycles. The zero-order chi connectivity index (χ0) is 22.0. The Hall–Kier alpha value is -3.98. The van der Waals surface area contributed by atoms with E-state index in [4.69, 9.17) is 16.3 Å². The summed E-state index contributed by atoms with van der Waals surface area (Å²) < 4.78 is 5.30. The molecular weight excluding hydrogens is 420 g/mol. The van der Waals surface area contributed by atoms with E-state index in [-0.39, 0.29) is 17.3 Å². The third-order valence-electron chi connectivity index (χ3n) is 4.53. The van der Waals surface area contributed by atoms with Crippen molar-refractivity contribution in [2.75, 3.05) is 17.7 Å². The molecular formula is C21H17ClN6O3. The fourth-order valence-corrected chi connectivity index (χ4v) is 3.29. The highest BCUT2D eigenvalue weighted by molar-refractivity contribution is 6.31. The Morgan fingerprint density at radius 3 is 2.48 bits per heavy atom. The largest absolute Gasteiger partial charge is 0.495 e. The molecule has 0 fully saturated rings. The van der Waals surface area contributed by atoms with Crippen LogP contribution in [0.15, 0.2) is 54.9 Å². The quantitative estimate of drug-likeness (QED) is 0.305. The van der Waals surface area contributed by atoms with E-state index in [0.717, 1.165) is 11.1 Å². The Morgan fingerprint density at radius 2 is 1.77 bits per heavy atom. The molecule has 2 heterocycles. The fraction of sp³-hybridized carbons (Fsp3) is 0.0952. The second-order valence-electron chi connectivity index (χ2n) is 6.60. The molecule has 0 spiro atoms. The van der Waals surface area contributed by atoms with Gasteiger partial charge in [0, 0.05) is 16.1 Å². The van der Waals surface area contributed by atoms with Crippen molar-refractivity contribution in [3.63, 3.8) is 0 Å². The number of nitrogens with zero attached hydrogens (tertiary/aromatic N) is 4. The first-order chi connectivity index (χ1) is 15.0. The van der Waals surface area contributed by atoms with Gasteiger partial charge in [0.05, 0.1) is 28.9 Å². The molecule has 4 aromatic rings. The average Bonchev–Trinajstić information content (AvgIpc) is 2.74. The van der Waals surface area contributed by atoms with Gasteiger partial charge in [-0.15, -0.1) is 0 Å². The van der Waals surface area contributed by atoms with Crippen LogP contribution < -0.4 is 15.4 Å². The minimum atomic E-state index is -0.550. The predicted octanol–water partition coefficient (Wildman–Crippen LogP) is 5.39. The maximum Gasteiger partial charge on any atom is 0.353 e. The van der Waals surface area contributed by atoms with Gasteiger partial charge in [0.2, 0.25) is 11.6 Å². The normalized spacial score (nSPS) is 10.7. The molecule has 0 amide bonds. The lowest BCUT2D eigenvalue weighted by molar-refractivity contribution is -0.383. The Balaban J connectivity index is 1.78. The van der Waals surface area contributed by atoms with Crippen molar-refractivity contribution in [2.24, 2.45) is 0 Å². The van der Waals surface area contributed by atoms with Crippen LogP contribution >= 0.6 is 11.6 Å². The van der Waals surface area contributed by atoms with Gasteiger partial charge >= 0.3 is 5.69 Å². The molecule has 2 aromatic heterocycles. The molecule has 0 bridgehead atoms. The van der Waals surface area contributed by atoms with E-state index in [1.54, 1.807) is 24.3 Å². The van der Waals surface area contributed by atoms with Crippen LogP contribution in [0.4, 0.5) is 28.7 Å². The number of aromatic nitrogens is 3. The number of rotatable bonds is 6. The third kappa shape index (κ3) is 4.17. The summed E-state index contributed by atoms with van der Waals surface area (Å²) in [5.74, 6) is 0.479. The molecule has 10 heteroatoms. The molecule has 4 rings (SSSR count). The second kappa shape index (κ2) is 8.41. The van der Waals surface area contributed by atoms with Gasteiger partial charge in [-0.3, -0.25) is 15.1 Å². The standard InChI is InChI=1S/C21H17ClN6O3/c1-12-6-7-13-4-3-5-15(18(13)25-12)26-20-19(28(29)30)21(24-11-23-20)27-16-10-14(22)8-9-17(16)31-2/h3-11H,1-2H3,(H2,23,24,26,27). The maximum atomic E-state index is 11.9. The second-order valence-corrected chi connectivity index (χ2v) is 7.04. The molecule has 156 valence electrons. The van der Waals surface area contributed by atoms with Gasteiger partial charge in [-0.2, -0.15) is 0 Å². The summed E-state index contributed by atoms with van der Waals surface area (Å²) in [4.78, 5) is 24.1. The van der Waals surface area contributed by atoms with Gasteiger partial charge in [0.25, 0.3) is 0 Å². The van der Waals surface area contributed by atoms with Crippen LogP contribution in [0.5, 0.6) is 5.75 Å². The number of ether oxygens (including phenoxy) is 1. The molecule has 0 atom stereocenters. The van der Waals surface area contributed by atoms with E-state index in [1.165, 1.54) is 13.4 Å². The van der Waals surface area contributed by atoms with E-state index in [2.05, 4.69) is 25.6 Å². The number of hydrogen-bond donors (Lipinski definition) is 2. The van der Waals surface area contributed by atoms with E-state index in [9.17, 15) is 10.1 Å². The lowest BCUT2D eigenvalue weighted by Crippen LogP contribution is -2.06. The third-order valence-corrected chi connectivity index (χ3v) is 4.77. The SMILES string of the molecule is COc1ccc(Cl)cc1Nc1ncnc(Nc2cccc3ccc(C)nc23)c1[N+](=O)[O-]. The van der Waals surface area contributed by atoms with Crippen molar-refractivity contribution in [1.82, 2.24) is 15.0 Å². The average molecular weight is 437 g/mol. The van der Waals surface area contributed by atoms with Crippen LogP contribution in [0.1, 0.15) is 5.69 Å². The molecule has 2 N–H and O–H groups in total. The number of nitrogens with one attached hydrogen (secondary N) is 2. The molecule has 9 nitrogen and oxygen atoms in total. The molecule has 0 radical (unpaired) electrons. The van der Waals surface area contributed by atoms with Gasteiger partial charge < -0.3 is 15.4 Å². The Morgan fingerprint density at radius 1 is 1.03 bits per heavy atom.